The Balaban J connectivity index is 1.78. The highest BCUT2D eigenvalue weighted by molar-refractivity contribution is 6.28. The molecular formula is C25H16ClFN4O2. The summed E-state index contributed by atoms with van der Waals surface area (Å²) in [7, 11) is 0. The Hall–Kier alpha value is -4.28. The number of nitrogens with one attached hydrogen (secondary N) is 1. The Morgan fingerprint density at radius 2 is 1.91 bits per heavy atom. The summed E-state index contributed by atoms with van der Waals surface area (Å²) in [6.45, 7) is 1.93. The summed E-state index contributed by atoms with van der Waals surface area (Å²) in [5.41, 5.74) is 1.85. The normalized spacial score (nSPS) is 11.2. The van der Waals surface area contributed by atoms with Crippen molar-refractivity contribution >= 4 is 40.0 Å². The first-order valence-corrected chi connectivity index (χ1v) is 10.2. The number of hydrogen-bond donors (Lipinski definition) is 1. The fraction of sp³-hybridized carbons (Fsp3) is 0.0400. The third-order valence-electron chi connectivity index (χ3n) is 4.78. The Morgan fingerprint density at radius 1 is 1.15 bits per heavy atom. The number of halogens is 2. The zero-order valence-electron chi connectivity index (χ0n) is 17.3. The Labute approximate surface area is 193 Å². The van der Waals surface area contributed by atoms with Crippen molar-refractivity contribution in [1.82, 2.24) is 9.97 Å². The summed E-state index contributed by atoms with van der Waals surface area (Å²) >= 11 is 5.78. The number of hydrogen-bond acceptors (Lipinski definition) is 5. The largest absolute Gasteiger partial charge is 0.436 e. The number of carbonyl (C=O) groups is 1. The van der Waals surface area contributed by atoms with Crippen LogP contribution in [-0.4, -0.2) is 15.9 Å². The number of carbonyl (C=O) groups excluding carboxylic acids is 1. The lowest BCUT2D eigenvalue weighted by atomic mass is 10.0. The summed E-state index contributed by atoms with van der Waals surface area (Å²) in [6, 6.07) is 19.9. The molecule has 0 bridgehead atoms. The summed E-state index contributed by atoms with van der Waals surface area (Å²) in [5, 5.41) is 13.8. The average Bonchev–Trinajstić information content (AvgIpc) is 2.82. The molecule has 1 heterocycles. The molecule has 4 rings (SSSR count). The summed E-state index contributed by atoms with van der Waals surface area (Å²) in [6.07, 6.45) is 2.30. The second kappa shape index (κ2) is 9.47. The van der Waals surface area contributed by atoms with Crippen LogP contribution in [0.1, 0.15) is 11.1 Å². The Morgan fingerprint density at radius 3 is 2.67 bits per heavy atom. The molecule has 0 saturated heterocycles. The van der Waals surface area contributed by atoms with Gasteiger partial charge in [0.1, 0.15) is 17.4 Å². The van der Waals surface area contributed by atoms with Gasteiger partial charge in [-0.3, -0.25) is 4.79 Å². The molecule has 0 atom stereocenters. The van der Waals surface area contributed by atoms with E-state index < -0.39 is 11.7 Å². The van der Waals surface area contributed by atoms with E-state index in [-0.39, 0.29) is 22.5 Å². The highest BCUT2D eigenvalue weighted by Gasteiger charge is 2.16. The van der Waals surface area contributed by atoms with Crippen LogP contribution in [0, 0.1) is 24.1 Å². The number of amides is 1. The zero-order valence-corrected chi connectivity index (χ0v) is 18.1. The number of fused-ring (bicyclic) bond motifs is 1. The lowest BCUT2D eigenvalue weighted by Gasteiger charge is -2.12. The molecule has 8 heteroatoms. The topological polar surface area (TPSA) is 87.9 Å². The van der Waals surface area contributed by atoms with Crippen LogP contribution in [0.25, 0.3) is 16.8 Å². The molecular weight excluding hydrogens is 443 g/mol. The number of aromatic nitrogens is 2. The number of aryl methyl sites for hydroxylation is 1. The average molecular weight is 459 g/mol. The maximum atomic E-state index is 14.2. The van der Waals surface area contributed by atoms with Crippen LogP contribution in [0.2, 0.25) is 5.28 Å². The van der Waals surface area contributed by atoms with Crippen LogP contribution < -0.4 is 10.1 Å². The van der Waals surface area contributed by atoms with Crippen LogP contribution in [0.3, 0.4) is 0 Å². The van der Waals surface area contributed by atoms with E-state index in [9.17, 15) is 14.4 Å². The SMILES string of the molecule is Cc1ccc(NC(=O)/C(C#N)=C/c2c(Oc3nc(Cl)ncc3F)ccc3ccccc23)cc1. The quantitative estimate of drug-likeness (QED) is 0.223. The maximum Gasteiger partial charge on any atom is 0.266 e. The lowest BCUT2D eigenvalue weighted by Crippen LogP contribution is -2.13. The fourth-order valence-electron chi connectivity index (χ4n) is 3.15. The predicted molar refractivity (Wildman–Crippen MR) is 124 cm³/mol. The molecule has 0 radical (unpaired) electrons. The van der Waals surface area contributed by atoms with Crippen molar-refractivity contribution in [3.8, 4) is 17.7 Å². The van der Waals surface area contributed by atoms with Gasteiger partial charge in [-0.05, 0) is 53.6 Å². The number of benzene rings is 3. The Kier molecular flexibility index (Phi) is 6.29. The van der Waals surface area contributed by atoms with E-state index in [0.29, 0.717) is 16.6 Å². The summed E-state index contributed by atoms with van der Waals surface area (Å²) in [5.74, 6) is -1.57. The molecule has 0 saturated carbocycles. The molecule has 0 unspecified atom stereocenters. The molecule has 0 aliphatic rings. The van der Waals surface area contributed by atoms with Gasteiger partial charge in [-0.2, -0.15) is 14.6 Å². The molecule has 0 spiro atoms. The van der Waals surface area contributed by atoms with Crippen LogP contribution in [0.15, 0.2) is 72.4 Å². The van der Waals surface area contributed by atoms with Gasteiger partial charge >= 0.3 is 0 Å². The van der Waals surface area contributed by atoms with Crippen LogP contribution in [0.4, 0.5) is 10.1 Å². The highest BCUT2D eigenvalue weighted by atomic mass is 35.5. The second-order valence-corrected chi connectivity index (χ2v) is 7.42. The van der Waals surface area contributed by atoms with Crippen molar-refractivity contribution in [2.75, 3.05) is 5.32 Å². The fourth-order valence-corrected chi connectivity index (χ4v) is 3.27. The lowest BCUT2D eigenvalue weighted by molar-refractivity contribution is -0.112. The van der Waals surface area contributed by atoms with Gasteiger partial charge in [-0.15, -0.1) is 0 Å². The van der Waals surface area contributed by atoms with Gasteiger partial charge in [0, 0.05) is 11.3 Å². The van der Waals surface area contributed by atoms with Crippen molar-refractivity contribution in [3.63, 3.8) is 0 Å². The van der Waals surface area contributed by atoms with Gasteiger partial charge < -0.3 is 10.1 Å². The van der Waals surface area contributed by atoms with Crippen molar-refractivity contribution in [3.05, 3.63) is 94.7 Å². The molecule has 4 aromatic rings. The van der Waals surface area contributed by atoms with E-state index >= 15 is 0 Å². The van der Waals surface area contributed by atoms with Crippen LogP contribution in [0.5, 0.6) is 11.6 Å². The van der Waals surface area contributed by atoms with E-state index in [0.717, 1.165) is 17.1 Å². The van der Waals surface area contributed by atoms with Crippen molar-refractivity contribution in [1.29, 1.82) is 5.26 Å². The summed E-state index contributed by atoms with van der Waals surface area (Å²) in [4.78, 5) is 20.2. The predicted octanol–water partition coefficient (Wildman–Crippen LogP) is 6.07. The van der Waals surface area contributed by atoms with E-state index in [2.05, 4.69) is 15.3 Å². The van der Waals surface area contributed by atoms with Gasteiger partial charge in [-0.25, -0.2) is 4.98 Å². The second-order valence-electron chi connectivity index (χ2n) is 7.08. The third kappa shape index (κ3) is 4.97. The van der Waals surface area contributed by atoms with Crippen molar-refractivity contribution in [2.24, 2.45) is 0 Å². The highest BCUT2D eigenvalue weighted by Crippen LogP contribution is 2.34. The zero-order chi connectivity index (χ0) is 23.4. The first-order valence-electron chi connectivity index (χ1n) is 9.82. The van der Waals surface area contributed by atoms with E-state index in [4.69, 9.17) is 16.3 Å². The van der Waals surface area contributed by atoms with E-state index in [1.165, 1.54) is 6.08 Å². The van der Waals surface area contributed by atoms with Gasteiger partial charge in [0.15, 0.2) is 0 Å². The standard InChI is InChI=1S/C25H16ClFN4O2/c1-15-6-9-18(10-7-15)30-23(32)17(13-28)12-20-19-5-3-2-4-16(19)8-11-22(20)33-24-21(27)14-29-25(26)31-24/h2-12,14H,1H3,(H,30,32)/b17-12+. The number of ether oxygens (including phenoxy) is 1. The van der Waals surface area contributed by atoms with Gasteiger partial charge in [0.25, 0.3) is 11.8 Å². The van der Waals surface area contributed by atoms with Crippen molar-refractivity contribution < 1.29 is 13.9 Å². The monoisotopic (exact) mass is 458 g/mol. The number of nitriles is 1. The van der Waals surface area contributed by atoms with Gasteiger partial charge in [0.05, 0.1) is 6.20 Å². The molecule has 0 aliphatic carbocycles. The number of rotatable bonds is 5. The van der Waals surface area contributed by atoms with Gasteiger partial charge in [0.2, 0.25) is 11.1 Å². The van der Waals surface area contributed by atoms with Crippen molar-refractivity contribution in [2.45, 2.75) is 6.92 Å². The molecule has 0 fully saturated rings. The van der Waals surface area contributed by atoms with Crippen LogP contribution >= 0.6 is 11.6 Å². The number of nitrogens with zero attached hydrogens (tertiary/aromatic N) is 3. The molecule has 33 heavy (non-hydrogen) atoms. The number of anilines is 1. The minimum atomic E-state index is -0.805. The first-order chi connectivity index (χ1) is 15.9. The molecule has 3 aromatic carbocycles. The Bertz CT molecular complexity index is 1430. The first kappa shape index (κ1) is 21.9. The molecule has 6 nitrogen and oxygen atoms in total. The summed E-state index contributed by atoms with van der Waals surface area (Å²) < 4.78 is 19.9. The smallest absolute Gasteiger partial charge is 0.266 e. The third-order valence-corrected chi connectivity index (χ3v) is 4.97. The van der Waals surface area contributed by atoms with E-state index in [1.54, 1.807) is 24.3 Å². The maximum absolute atomic E-state index is 14.2. The van der Waals surface area contributed by atoms with Gasteiger partial charge in [-0.1, -0.05) is 48.0 Å². The molecule has 1 N–H and O–H groups in total. The molecule has 1 aromatic heterocycles. The minimum Gasteiger partial charge on any atom is -0.436 e. The van der Waals surface area contributed by atoms with E-state index in [1.807, 2.05) is 49.4 Å². The van der Waals surface area contributed by atoms with Crippen LogP contribution in [-0.2, 0) is 4.79 Å². The minimum absolute atomic E-state index is 0.155. The molecule has 162 valence electrons. The molecule has 0 aliphatic heterocycles. The molecule has 1 amide bonds.